The number of nitrogens with one attached hydrogen (secondary N) is 1. The van der Waals surface area contributed by atoms with E-state index in [1.165, 1.54) is 0 Å². The number of hydrogen-bond acceptors (Lipinski definition) is 6. The molecule has 0 aliphatic heterocycles. The van der Waals surface area contributed by atoms with Gasteiger partial charge in [-0.3, -0.25) is 0 Å². The van der Waals surface area contributed by atoms with E-state index in [2.05, 4.69) is 10.2 Å². The lowest BCUT2D eigenvalue weighted by atomic mass is 11.6. The zero-order valence-corrected chi connectivity index (χ0v) is 4.12. The predicted octanol–water partition coefficient (Wildman–Crippen LogP) is -0.526. The molecule has 0 saturated heterocycles. The van der Waals surface area contributed by atoms with Crippen LogP contribution in [0.3, 0.4) is 0 Å². The highest BCUT2D eigenvalue weighted by Crippen LogP contribution is 1.52. The molecule has 0 atom stereocenters. The van der Waals surface area contributed by atoms with Crippen molar-refractivity contribution in [3.8, 4) is 0 Å². The third-order valence-corrected chi connectivity index (χ3v) is 0.132. The van der Waals surface area contributed by atoms with Crippen molar-refractivity contribution in [1.29, 1.82) is 5.41 Å². The van der Waals surface area contributed by atoms with Crippen molar-refractivity contribution in [1.82, 2.24) is 0 Å². The Morgan fingerprint density at radius 2 is 1.22 bits per heavy atom. The van der Waals surface area contributed by atoms with Gasteiger partial charge in [-0.05, 0) is 0 Å². The molecule has 0 unspecified atom stereocenters. The molecule has 0 bridgehead atoms. The van der Waals surface area contributed by atoms with Gasteiger partial charge in [0, 0.05) is 0 Å². The molecule has 0 spiro atoms. The van der Waals surface area contributed by atoms with E-state index in [1.807, 2.05) is 0 Å². The van der Waals surface area contributed by atoms with Crippen LogP contribution in [0.4, 0.5) is 0 Å². The molecular weight excluding hydrogens is 126 g/mol. The van der Waals surface area contributed by atoms with E-state index in [4.69, 9.17) is 19.8 Å². The average molecular weight is 127 g/mol. The monoisotopic (exact) mass is 127 g/mol. The van der Waals surface area contributed by atoms with Crippen molar-refractivity contribution >= 4 is 18.2 Å². The average Bonchev–Trinajstić information content (AvgIpc) is 1.86. The van der Waals surface area contributed by atoms with Crippen LogP contribution in [-0.2, 0) is 14.4 Å². The quantitative estimate of drug-likeness (QED) is 0.291. The first-order valence-electron chi connectivity index (χ1n) is 1.51. The minimum atomic E-state index is 0.750. The van der Waals surface area contributed by atoms with Crippen LogP contribution in [-0.4, -0.2) is 18.2 Å². The van der Waals surface area contributed by atoms with Crippen LogP contribution in [0, 0.1) is 5.41 Å². The van der Waals surface area contributed by atoms with Gasteiger partial charge in [-0.2, -0.15) is 0 Å². The smallest absolute Gasteiger partial charge is 0.222 e. The van der Waals surface area contributed by atoms with Crippen LogP contribution in [0.15, 0.2) is 10.2 Å². The largest absolute Gasteiger partial charge is 0.261 e. The second-order valence-corrected chi connectivity index (χ2v) is 0.485. The van der Waals surface area contributed by atoms with Gasteiger partial charge < -0.3 is 0 Å². The van der Waals surface area contributed by atoms with Crippen LogP contribution in [0.25, 0.3) is 0 Å². The molecule has 0 aromatic carbocycles. The van der Waals surface area contributed by atoms with Crippen molar-refractivity contribution in [3.05, 3.63) is 0 Å². The van der Waals surface area contributed by atoms with Gasteiger partial charge in [-0.1, -0.05) is 10.2 Å². The molecule has 0 rings (SSSR count). The third-order valence-electron chi connectivity index (χ3n) is 0.132. The Morgan fingerprint density at radius 3 is 1.33 bits per heavy atom. The van der Waals surface area contributed by atoms with Gasteiger partial charge in [0.25, 0.3) is 12.2 Å². The molecule has 6 heteroatoms. The molecule has 0 amide bonds. The molecule has 0 heterocycles. The zero-order valence-electron chi connectivity index (χ0n) is 4.12. The maximum atomic E-state index is 9.00. The summed E-state index contributed by atoms with van der Waals surface area (Å²) in [6.45, 7) is 0. The highest BCUT2D eigenvalue weighted by Gasteiger charge is 1.49. The third kappa shape index (κ3) is 81.0. The summed E-state index contributed by atoms with van der Waals surface area (Å²) in [6, 6.07) is 0. The van der Waals surface area contributed by atoms with Crippen LogP contribution in [0.1, 0.15) is 0 Å². The number of rotatable bonds is 1. The van der Waals surface area contributed by atoms with Crippen molar-refractivity contribution < 1.29 is 14.4 Å². The van der Waals surface area contributed by atoms with Gasteiger partial charge in [0.15, 0.2) is 0 Å². The minimum absolute atomic E-state index is 0.750. The Bertz CT molecular complexity index is 164. The van der Waals surface area contributed by atoms with E-state index in [0.717, 1.165) is 18.2 Å². The minimum Gasteiger partial charge on any atom is -0.222 e. The van der Waals surface area contributed by atoms with E-state index < -0.39 is 0 Å². The molecule has 46 valence electrons. The fourth-order valence-corrected chi connectivity index (χ4v) is 0.0408. The van der Waals surface area contributed by atoms with Gasteiger partial charge in [0.2, 0.25) is 6.08 Å². The number of hydrogen-bond donors (Lipinski definition) is 1. The second kappa shape index (κ2) is 16.5. The summed E-state index contributed by atoms with van der Waals surface area (Å²) < 4.78 is 0. The van der Waals surface area contributed by atoms with Gasteiger partial charge in [-0.15, -0.1) is 0 Å². The van der Waals surface area contributed by atoms with Crippen molar-refractivity contribution in [2.75, 3.05) is 0 Å². The van der Waals surface area contributed by atoms with Crippen LogP contribution in [0.5, 0.6) is 0 Å². The maximum absolute atomic E-state index is 9.00. The lowest BCUT2D eigenvalue weighted by Gasteiger charge is -1.44. The molecule has 0 aromatic rings. The van der Waals surface area contributed by atoms with E-state index in [-0.39, 0.29) is 0 Å². The zero-order chi connectivity index (χ0) is 7.54. The Balaban J connectivity index is 0. The van der Waals surface area contributed by atoms with E-state index in [0.29, 0.717) is 0 Å². The highest BCUT2D eigenvalue weighted by atomic mass is 16.1. The summed E-state index contributed by atoms with van der Waals surface area (Å²) in [6.07, 6.45) is 2.78. The summed E-state index contributed by atoms with van der Waals surface area (Å²) >= 11 is 0. The van der Waals surface area contributed by atoms with E-state index >= 15 is 0 Å². The summed E-state index contributed by atoms with van der Waals surface area (Å²) in [7, 11) is 0. The number of carbonyl (C=O) groups excluding carboxylic acids is 3. The maximum Gasteiger partial charge on any atom is 0.261 e. The Kier molecular flexibility index (Phi) is 18.6. The topological polar surface area (TPSA) is 99.8 Å². The summed E-state index contributed by atoms with van der Waals surface area (Å²) in [5.41, 5.74) is 0. The SMILES string of the molecule is N=C=O.O=C=NN=C=O. The highest BCUT2D eigenvalue weighted by molar-refractivity contribution is 5.37. The van der Waals surface area contributed by atoms with Gasteiger partial charge in [0.05, 0.1) is 0 Å². The first kappa shape index (κ1) is 10.2. The fraction of sp³-hybridized carbons (Fsp3) is 0. The summed E-state index contributed by atoms with van der Waals surface area (Å²) in [5.74, 6) is 0. The number of isocyanates is 3. The van der Waals surface area contributed by atoms with Crippen LogP contribution >= 0.6 is 0 Å². The van der Waals surface area contributed by atoms with Crippen LogP contribution < -0.4 is 0 Å². The molecule has 0 fully saturated rings. The molecule has 0 aliphatic rings. The van der Waals surface area contributed by atoms with Gasteiger partial charge in [0.1, 0.15) is 0 Å². The molecule has 0 aliphatic carbocycles. The molecule has 9 heavy (non-hydrogen) atoms. The molecule has 6 nitrogen and oxygen atoms in total. The van der Waals surface area contributed by atoms with E-state index in [1.54, 1.807) is 0 Å². The van der Waals surface area contributed by atoms with Crippen molar-refractivity contribution in [2.45, 2.75) is 0 Å². The fourth-order valence-electron chi connectivity index (χ4n) is 0.0408. The first-order chi connectivity index (χ1) is 4.33. The van der Waals surface area contributed by atoms with Gasteiger partial charge >= 0.3 is 0 Å². The second-order valence-electron chi connectivity index (χ2n) is 0.485. The first-order valence-corrected chi connectivity index (χ1v) is 1.51. The Hall–Kier alpha value is -1.86. The molecule has 0 saturated carbocycles. The molecular formula is C3HN3O3. The summed E-state index contributed by atoms with van der Waals surface area (Å²) in [5, 5.41) is 10.4. The Morgan fingerprint density at radius 1 is 1.00 bits per heavy atom. The number of nitrogens with zero attached hydrogens (tertiary/aromatic N) is 2. The van der Waals surface area contributed by atoms with Crippen LogP contribution in [0.2, 0.25) is 0 Å². The van der Waals surface area contributed by atoms with E-state index in [9.17, 15) is 0 Å². The standard InChI is InChI=1S/C2N2O2.CHNO/c5-1-3-4-2-6;2-1-3/h;2H. The van der Waals surface area contributed by atoms with Crippen molar-refractivity contribution in [2.24, 2.45) is 10.2 Å². The normalized spacial score (nSPS) is 4.00. The molecule has 1 N–H and O–H groups in total. The molecule has 0 radical (unpaired) electrons. The van der Waals surface area contributed by atoms with Crippen molar-refractivity contribution in [3.63, 3.8) is 0 Å². The summed E-state index contributed by atoms with van der Waals surface area (Å²) in [4.78, 5) is 26.3. The lowest BCUT2D eigenvalue weighted by molar-refractivity contribution is 0.557. The van der Waals surface area contributed by atoms with Gasteiger partial charge in [-0.25, -0.2) is 19.8 Å². The Labute approximate surface area is 49.4 Å². The lowest BCUT2D eigenvalue weighted by Crippen LogP contribution is -1.45. The predicted molar refractivity (Wildman–Crippen MR) is 24.7 cm³/mol. The molecule has 0 aromatic heterocycles.